The van der Waals surface area contributed by atoms with Gasteiger partial charge < -0.3 is 20.9 Å². The van der Waals surface area contributed by atoms with Crippen molar-refractivity contribution >= 4 is 35.2 Å². The SMILES string of the molecule is Cc1cc(CSc2ccccc2C(=O)Nc2ccc(C(=O)NCC(N)=O)cc2)on1. The molecule has 1 aromatic heterocycles. The number of aromatic nitrogens is 1. The van der Waals surface area contributed by atoms with Crippen LogP contribution in [-0.4, -0.2) is 29.4 Å². The lowest BCUT2D eigenvalue weighted by molar-refractivity contribution is -0.117. The summed E-state index contributed by atoms with van der Waals surface area (Å²) in [5.41, 5.74) is 7.24. The first-order valence-electron chi connectivity index (χ1n) is 9.04. The maximum Gasteiger partial charge on any atom is 0.256 e. The lowest BCUT2D eigenvalue weighted by Gasteiger charge is -2.10. The van der Waals surface area contributed by atoms with E-state index >= 15 is 0 Å². The third kappa shape index (κ3) is 5.71. The van der Waals surface area contributed by atoms with Crippen LogP contribution in [0, 0.1) is 6.92 Å². The third-order valence-electron chi connectivity index (χ3n) is 4.01. The lowest BCUT2D eigenvalue weighted by Crippen LogP contribution is -2.33. The quantitative estimate of drug-likeness (QED) is 0.477. The fraction of sp³-hybridized carbons (Fsp3) is 0.143. The molecule has 0 spiro atoms. The average molecular weight is 424 g/mol. The van der Waals surface area contributed by atoms with Gasteiger partial charge in [0.25, 0.3) is 11.8 Å². The number of carbonyl (C=O) groups excluding carboxylic acids is 3. The number of hydrogen-bond acceptors (Lipinski definition) is 6. The Balaban J connectivity index is 1.64. The maximum absolute atomic E-state index is 12.8. The molecule has 0 bridgehead atoms. The van der Waals surface area contributed by atoms with Crippen molar-refractivity contribution in [2.45, 2.75) is 17.6 Å². The molecule has 0 saturated heterocycles. The largest absolute Gasteiger partial charge is 0.368 e. The first kappa shape index (κ1) is 21.1. The van der Waals surface area contributed by atoms with E-state index in [0.717, 1.165) is 16.3 Å². The van der Waals surface area contributed by atoms with Crippen LogP contribution in [0.3, 0.4) is 0 Å². The van der Waals surface area contributed by atoms with Gasteiger partial charge in [-0.3, -0.25) is 14.4 Å². The van der Waals surface area contributed by atoms with E-state index in [-0.39, 0.29) is 12.5 Å². The number of nitrogens with zero attached hydrogens (tertiary/aromatic N) is 1. The average Bonchev–Trinajstić information content (AvgIpc) is 3.16. The molecule has 0 radical (unpaired) electrons. The zero-order valence-electron chi connectivity index (χ0n) is 16.2. The molecule has 0 aliphatic heterocycles. The second kappa shape index (κ2) is 9.75. The summed E-state index contributed by atoms with van der Waals surface area (Å²) in [7, 11) is 0. The normalized spacial score (nSPS) is 10.4. The van der Waals surface area contributed by atoms with Crippen LogP contribution in [0.4, 0.5) is 5.69 Å². The third-order valence-corrected chi connectivity index (χ3v) is 5.10. The molecule has 4 N–H and O–H groups in total. The Kier molecular flexibility index (Phi) is 6.87. The van der Waals surface area contributed by atoms with Gasteiger partial charge in [-0.05, 0) is 43.3 Å². The molecule has 0 aliphatic rings. The molecule has 0 unspecified atom stereocenters. The predicted molar refractivity (Wildman–Crippen MR) is 113 cm³/mol. The van der Waals surface area contributed by atoms with E-state index in [1.165, 1.54) is 11.8 Å². The number of nitrogens with two attached hydrogens (primary N) is 1. The van der Waals surface area contributed by atoms with Crippen LogP contribution in [-0.2, 0) is 10.5 Å². The highest BCUT2D eigenvalue weighted by molar-refractivity contribution is 7.98. The van der Waals surface area contributed by atoms with Crippen molar-refractivity contribution in [1.82, 2.24) is 10.5 Å². The maximum atomic E-state index is 12.8. The molecule has 2 aromatic carbocycles. The molecular formula is C21H20N4O4S. The van der Waals surface area contributed by atoms with Crippen LogP contribution >= 0.6 is 11.8 Å². The van der Waals surface area contributed by atoms with Gasteiger partial charge in [0.15, 0.2) is 0 Å². The monoisotopic (exact) mass is 424 g/mol. The van der Waals surface area contributed by atoms with E-state index in [1.807, 2.05) is 25.1 Å². The van der Waals surface area contributed by atoms with E-state index in [1.54, 1.807) is 36.4 Å². The van der Waals surface area contributed by atoms with Gasteiger partial charge in [0.2, 0.25) is 5.91 Å². The highest BCUT2D eigenvalue weighted by atomic mass is 32.2. The molecule has 3 amide bonds. The number of hydrogen-bond donors (Lipinski definition) is 3. The molecule has 9 heteroatoms. The Morgan fingerprint density at radius 3 is 2.47 bits per heavy atom. The van der Waals surface area contributed by atoms with E-state index in [9.17, 15) is 14.4 Å². The number of benzene rings is 2. The lowest BCUT2D eigenvalue weighted by atomic mass is 10.1. The Labute approximate surface area is 177 Å². The van der Waals surface area contributed by atoms with Crippen molar-refractivity contribution < 1.29 is 18.9 Å². The zero-order valence-corrected chi connectivity index (χ0v) is 17.0. The van der Waals surface area contributed by atoms with Gasteiger partial charge in [0, 0.05) is 22.2 Å². The van der Waals surface area contributed by atoms with Crippen LogP contribution in [0.25, 0.3) is 0 Å². The Hall–Kier alpha value is -3.59. The van der Waals surface area contributed by atoms with Crippen molar-refractivity contribution in [3.8, 4) is 0 Å². The predicted octanol–water partition coefficient (Wildman–Crippen LogP) is 2.74. The van der Waals surface area contributed by atoms with Crippen LogP contribution < -0.4 is 16.4 Å². The van der Waals surface area contributed by atoms with Gasteiger partial charge >= 0.3 is 0 Å². The van der Waals surface area contributed by atoms with E-state index in [2.05, 4.69) is 15.8 Å². The fourth-order valence-electron chi connectivity index (χ4n) is 2.59. The van der Waals surface area contributed by atoms with Gasteiger partial charge in [-0.1, -0.05) is 17.3 Å². The summed E-state index contributed by atoms with van der Waals surface area (Å²) < 4.78 is 5.21. The molecule has 8 nitrogen and oxygen atoms in total. The number of primary amides is 1. The first-order valence-corrected chi connectivity index (χ1v) is 10.0. The van der Waals surface area contributed by atoms with Gasteiger partial charge in [0.05, 0.1) is 23.6 Å². The van der Waals surface area contributed by atoms with Crippen molar-refractivity contribution in [1.29, 1.82) is 0 Å². The summed E-state index contributed by atoms with van der Waals surface area (Å²) in [6, 6.07) is 15.5. The van der Waals surface area contributed by atoms with Gasteiger partial charge in [0.1, 0.15) is 5.76 Å². The van der Waals surface area contributed by atoms with Crippen molar-refractivity contribution in [3.63, 3.8) is 0 Å². The number of rotatable bonds is 8. The molecule has 0 atom stereocenters. The fourth-order valence-corrected chi connectivity index (χ4v) is 3.51. The number of aryl methyl sites for hydroxylation is 1. The highest BCUT2D eigenvalue weighted by Crippen LogP contribution is 2.27. The molecular weight excluding hydrogens is 404 g/mol. The highest BCUT2D eigenvalue weighted by Gasteiger charge is 2.13. The number of carbonyl (C=O) groups is 3. The smallest absolute Gasteiger partial charge is 0.256 e. The van der Waals surface area contributed by atoms with E-state index in [0.29, 0.717) is 22.6 Å². The Morgan fingerprint density at radius 2 is 1.80 bits per heavy atom. The minimum atomic E-state index is -0.623. The topological polar surface area (TPSA) is 127 Å². The van der Waals surface area contributed by atoms with Crippen molar-refractivity contribution in [3.05, 3.63) is 77.2 Å². The molecule has 3 rings (SSSR count). The second-order valence-corrected chi connectivity index (χ2v) is 7.42. The molecule has 0 aliphatic carbocycles. The Morgan fingerprint density at radius 1 is 1.07 bits per heavy atom. The summed E-state index contributed by atoms with van der Waals surface area (Å²) in [5.74, 6) is -0.0192. The summed E-state index contributed by atoms with van der Waals surface area (Å²) in [4.78, 5) is 36.2. The number of thioether (sulfide) groups is 1. The summed E-state index contributed by atoms with van der Waals surface area (Å²) in [6.07, 6.45) is 0. The van der Waals surface area contributed by atoms with E-state index < -0.39 is 11.8 Å². The van der Waals surface area contributed by atoms with Crippen LogP contribution in [0.15, 0.2) is 64.0 Å². The summed E-state index contributed by atoms with van der Waals surface area (Å²) >= 11 is 1.48. The molecule has 0 saturated carbocycles. The number of anilines is 1. The van der Waals surface area contributed by atoms with E-state index in [4.69, 9.17) is 10.3 Å². The molecule has 154 valence electrons. The van der Waals surface area contributed by atoms with Crippen LogP contribution in [0.2, 0.25) is 0 Å². The standard InChI is InChI=1S/C21H20N4O4S/c1-13-10-16(29-25-13)12-30-18-5-3-2-4-17(18)21(28)24-15-8-6-14(7-9-15)20(27)23-11-19(22)26/h2-10H,11-12H2,1H3,(H2,22,26)(H,23,27)(H,24,28). The summed E-state index contributed by atoms with van der Waals surface area (Å²) in [5, 5.41) is 9.09. The first-order chi connectivity index (χ1) is 14.4. The second-order valence-electron chi connectivity index (χ2n) is 6.40. The zero-order chi connectivity index (χ0) is 21.5. The molecule has 30 heavy (non-hydrogen) atoms. The van der Waals surface area contributed by atoms with Crippen molar-refractivity contribution in [2.75, 3.05) is 11.9 Å². The summed E-state index contributed by atoms with van der Waals surface area (Å²) in [6.45, 7) is 1.62. The van der Waals surface area contributed by atoms with Gasteiger partial charge in [-0.15, -0.1) is 11.8 Å². The minimum absolute atomic E-state index is 0.237. The Bertz CT molecular complexity index is 1060. The number of nitrogens with one attached hydrogen (secondary N) is 2. The van der Waals surface area contributed by atoms with Crippen molar-refractivity contribution in [2.24, 2.45) is 5.73 Å². The molecule has 0 fully saturated rings. The molecule has 3 aromatic rings. The molecule has 1 heterocycles. The minimum Gasteiger partial charge on any atom is -0.368 e. The van der Waals surface area contributed by atoms with Crippen LogP contribution in [0.5, 0.6) is 0 Å². The van der Waals surface area contributed by atoms with Crippen LogP contribution in [0.1, 0.15) is 32.2 Å². The van der Waals surface area contributed by atoms with Gasteiger partial charge in [-0.2, -0.15) is 0 Å². The van der Waals surface area contributed by atoms with Gasteiger partial charge in [-0.25, -0.2) is 0 Å². The number of amides is 3.